The Bertz CT molecular complexity index is 698. The van der Waals surface area contributed by atoms with Crippen molar-refractivity contribution in [2.75, 3.05) is 14.1 Å². The highest BCUT2D eigenvalue weighted by Crippen LogP contribution is 2.25. The largest absolute Gasteiger partial charge is 0.383 e. The van der Waals surface area contributed by atoms with Crippen LogP contribution in [0, 0.1) is 0 Å². The minimum Gasteiger partial charge on any atom is -0.383 e. The average molecular weight is 241 g/mol. The molecule has 0 amide bonds. The molecule has 3 rings (SSSR count). The van der Waals surface area contributed by atoms with E-state index in [1.807, 2.05) is 49.5 Å². The number of nitrogens with zero attached hydrogens (tertiary/aromatic N) is 3. The second-order valence-electron chi connectivity index (χ2n) is 4.78. The van der Waals surface area contributed by atoms with Crippen molar-refractivity contribution in [2.45, 2.75) is 13.0 Å². The molecule has 0 bridgehead atoms. The Balaban J connectivity index is 2.30. The van der Waals surface area contributed by atoms with Gasteiger partial charge in [0.2, 0.25) is 0 Å². The predicted octanol–water partition coefficient (Wildman–Crippen LogP) is 1.70. The monoisotopic (exact) mass is 241 g/mol. The topological polar surface area (TPSA) is 38.1 Å². The molecule has 0 atom stereocenters. The number of benzene rings is 1. The van der Waals surface area contributed by atoms with Gasteiger partial charge in [-0.1, -0.05) is 12.1 Å². The molecule has 0 N–H and O–H groups in total. The highest BCUT2D eigenvalue weighted by molar-refractivity contribution is 5.79. The maximum Gasteiger partial charge on any atom is 0.261 e. The number of hydrogen-bond acceptors (Lipinski definition) is 3. The Morgan fingerprint density at radius 3 is 2.89 bits per heavy atom. The minimum absolute atomic E-state index is 0.0674. The summed E-state index contributed by atoms with van der Waals surface area (Å²) in [5.41, 5.74) is 1.97. The zero-order valence-corrected chi connectivity index (χ0v) is 10.6. The lowest BCUT2D eigenvalue weighted by molar-refractivity contribution is 0.564. The molecule has 2 heterocycles. The molecule has 0 radical (unpaired) electrons. The quantitative estimate of drug-likeness (QED) is 0.762. The molecule has 18 heavy (non-hydrogen) atoms. The third kappa shape index (κ3) is 1.61. The van der Waals surface area contributed by atoms with E-state index in [0.29, 0.717) is 5.39 Å². The maximum atomic E-state index is 12.3. The van der Waals surface area contributed by atoms with Crippen LogP contribution in [0.25, 0.3) is 16.5 Å². The van der Waals surface area contributed by atoms with E-state index in [-0.39, 0.29) is 5.56 Å². The summed E-state index contributed by atoms with van der Waals surface area (Å²) in [7, 11) is 3.96. The van der Waals surface area contributed by atoms with Crippen molar-refractivity contribution in [1.29, 1.82) is 0 Å². The van der Waals surface area contributed by atoms with Crippen LogP contribution in [-0.4, -0.2) is 28.5 Å². The van der Waals surface area contributed by atoms with E-state index < -0.39 is 0 Å². The number of fused-ring (bicyclic) bond motifs is 2. The third-order valence-corrected chi connectivity index (χ3v) is 3.17. The van der Waals surface area contributed by atoms with E-state index in [2.05, 4.69) is 4.98 Å². The first-order valence-electron chi connectivity index (χ1n) is 6.04. The van der Waals surface area contributed by atoms with Gasteiger partial charge in [0.25, 0.3) is 5.56 Å². The van der Waals surface area contributed by atoms with Crippen LogP contribution in [0.3, 0.4) is 0 Å². The lowest BCUT2D eigenvalue weighted by atomic mass is 10.2. The van der Waals surface area contributed by atoms with Crippen molar-refractivity contribution in [2.24, 2.45) is 0 Å². The van der Waals surface area contributed by atoms with Gasteiger partial charge in [0.15, 0.2) is 0 Å². The minimum atomic E-state index is 0.0674. The van der Waals surface area contributed by atoms with Crippen LogP contribution < -0.4 is 5.56 Å². The van der Waals surface area contributed by atoms with Gasteiger partial charge in [0.05, 0.1) is 10.9 Å². The van der Waals surface area contributed by atoms with Gasteiger partial charge in [-0.3, -0.25) is 9.36 Å². The van der Waals surface area contributed by atoms with Crippen molar-refractivity contribution >= 4 is 16.5 Å². The van der Waals surface area contributed by atoms with Crippen LogP contribution in [0.15, 0.2) is 35.3 Å². The highest BCUT2D eigenvalue weighted by Gasteiger charge is 2.20. The first kappa shape index (κ1) is 11.0. The van der Waals surface area contributed by atoms with E-state index in [1.165, 1.54) is 0 Å². The summed E-state index contributed by atoms with van der Waals surface area (Å²) in [6.07, 6.45) is 2.91. The van der Waals surface area contributed by atoms with E-state index >= 15 is 0 Å². The predicted molar refractivity (Wildman–Crippen MR) is 72.3 cm³/mol. The molecule has 0 unspecified atom stereocenters. The van der Waals surface area contributed by atoms with E-state index in [1.54, 1.807) is 4.57 Å². The summed E-state index contributed by atoms with van der Waals surface area (Å²) in [5.74, 6) is 0.812. The van der Waals surface area contributed by atoms with E-state index in [4.69, 9.17) is 0 Å². The fourth-order valence-electron chi connectivity index (χ4n) is 2.40. The van der Waals surface area contributed by atoms with Gasteiger partial charge in [0, 0.05) is 32.4 Å². The van der Waals surface area contributed by atoms with E-state index in [0.717, 1.165) is 29.9 Å². The van der Waals surface area contributed by atoms with Crippen molar-refractivity contribution in [3.63, 3.8) is 0 Å². The van der Waals surface area contributed by atoms with Gasteiger partial charge in [-0.2, -0.15) is 0 Å². The molecule has 1 aromatic heterocycles. The SMILES string of the molecule is CN(C)C=C1CCn2c1nc1ccccc1c2=O. The van der Waals surface area contributed by atoms with Crippen LogP contribution in [0.2, 0.25) is 0 Å². The van der Waals surface area contributed by atoms with Crippen LogP contribution in [0.1, 0.15) is 12.2 Å². The maximum absolute atomic E-state index is 12.3. The summed E-state index contributed by atoms with van der Waals surface area (Å²) in [4.78, 5) is 18.9. The zero-order valence-electron chi connectivity index (χ0n) is 10.6. The third-order valence-electron chi connectivity index (χ3n) is 3.17. The Morgan fingerprint density at radius 2 is 2.11 bits per heavy atom. The summed E-state index contributed by atoms with van der Waals surface area (Å²) in [6, 6.07) is 7.52. The van der Waals surface area contributed by atoms with Gasteiger partial charge >= 0.3 is 0 Å². The molecule has 0 aliphatic carbocycles. The normalized spacial score (nSPS) is 16.2. The van der Waals surface area contributed by atoms with Crippen LogP contribution >= 0.6 is 0 Å². The van der Waals surface area contributed by atoms with Crippen molar-refractivity contribution in [1.82, 2.24) is 14.5 Å². The fourth-order valence-corrected chi connectivity index (χ4v) is 2.40. The molecular formula is C14H15N3O. The van der Waals surface area contributed by atoms with Gasteiger partial charge in [-0.05, 0) is 18.6 Å². The summed E-state index contributed by atoms with van der Waals surface area (Å²) >= 11 is 0. The smallest absolute Gasteiger partial charge is 0.261 e. The summed E-state index contributed by atoms with van der Waals surface area (Å²) in [6.45, 7) is 0.728. The number of hydrogen-bond donors (Lipinski definition) is 0. The molecule has 1 aliphatic rings. The fraction of sp³-hybridized carbons (Fsp3) is 0.286. The summed E-state index contributed by atoms with van der Waals surface area (Å²) in [5, 5.41) is 0.701. The van der Waals surface area contributed by atoms with Gasteiger partial charge in [0.1, 0.15) is 5.82 Å². The van der Waals surface area contributed by atoms with E-state index in [9.17, 15) is 4.79 Å². The van der Waals surface area contributed by atoms with Crippen LogP contribution in [-0.2, 0) is 6.54 Å². The van der Waals surface area contributed by atoms with Gasteiger partial charge in [-0.25, -0.2) is 4.98 Å². The van der Waals surface area contributed by atoms with Crippen LogP contribution in [0.5, 0.6) is 0 Å². The standard InChI is InChI=1S/C14H15N3O/c1-16(2)9-10-7-8-17-13(10)15-12-6-4-3-5-11(12)14(17)18/h3-6,9H,7-8H2,1-2H3. The lowest BCUT2D eigenvalue weighted by Gasteiger charge is -2.08. The number of aromatic nitrogens is 2. The Labute approximate surface area is 105 Å². The lowest BCUT2D eigenvalue weighted by Crippen LogP contribution is -2.20. The number of allylic oxidation sites excluding steroid dienone is 1. The van der Waals surface area contributed by atoms with Crippen molar-refractivity contribution in [3.05, 3.63) is 46.6 Å². The molecule has 0 saturated carbocycles. The number of para-hydroxylation sites is 1. The van der Waals surface area contributed by atoms with Crippen LogP contribution in [0.4, 0.5) is 0 Å². The Morgan fingerprint density at radius 1 is 1.33 bits per heavy atom. The van der Waals surface area contributed by atoms with Gasteiger partial charge in [-0.15, -0.1) is 0 Å². The molecule has 4 heteroatoms. The first-order valence-corrected chi connectivity index (χ1v) is 6.04. The first-order chi connectivity index (χ1) is 8.66. The Kier molecular flexibility index (Phi) is 2.44. The molecule has 0 spiro atoms. The molecule has 0 saturated heterocycles. The van der Waals surface area contributed by atoms with Crippen molar-refractivity contribution < 1.29 is 0 Å². The zero-order chi connectivity index (χ0) is 12.7. The summed E-state index contributed by atoms with van der Waals surface area (Å²) < 4.78 is 1.78. The second-order valence-corrected chi connectivity index (χ2v) is 4.78. The van der Waals surface area contributed by atoms with Crippen molar-refractivity contribution in [3.8, 4) is 0 Å². The van der Waals surface area contributed by atoms with Gasteiger partial charge < -0.3 is 4.90 Å². The second kappa shape index (κ2) is 3.98. The molecule has 92 valence electrons. The Hall–Kier alpha value is -2.10. The average Bonchev–Trinajstić information content (AvgIpc) is 2.73. The molecule has 4 nitrogen and oxygen atoms in total. The molecule has 0 fully saturated rings. The highest BCUT2D eigenvalue weighted by atomic mass is 16.1. The molecule has 1 aliphatic heterocycles. The molecular weight excluding hydrogens is 226 g/mol. The number of rotatable bonds is 1. The molecule has 2 aromatic rings. The molecule has 1 aromatic carbocycles.